The number of anilines is 1. The molecule has 0 aromatic heterocycles. The third-order valence-corrected chi connectivity index (χ3v) is 11.1. The van der Waals surface area contributed by atoms with E-state index < -0.39 is 27.6 Å². The van der Waals surface area contributed by atoms with Gasteiger partial charge < -0.3 is 28.7 Å². The molecule has 250 valence electrons. The number of carbonyl (C=O) groups is 2. The van der Waals surface area contributed by atoms with E-state index >= 15 is 0 Å². The molecule has 1 atom stereocenters. The standard InChI is InChI=1S/C34H40N4O8S/c1-35-16-14-24(15-17-35)36-18-20-37(21-19-36)33(40)46-34(29-23-26(44-3)11-13-31(29)45-4)28-22-25(43-2)10-12-30(28)38(32(34)39)47(41,42)27-8-6-5-7-9-27/h5-13,22-24H,14-21H2,1-4H3. The molecule has 13 heteroatoms. The zero-order valence-corrected chi connectivity index (χ0v) is 27.9. The molecular formula is C34H40N4O8S. The Morgan fingerprint density at radius 1 is 0.787 bits per heavy atom. The first-order valence-electron chi connectivity index (χ1n) is 15.6. The van der Waals surface area contributed by atoms with E-state index in [-0.39, 0.29) is 27.5 Å². The Hall–Kier alpha value is -4.33. The van der Waals surface area contributed by atoms with Gasteiger partial charge in [0.2, 0.25) is 5.60 Å². The third-order valence-electron chi connectivity index (χ3n) is 9.37. The summed E-state index contributed by atoms with van der Waals surface area (Å²) in [7, 11) is 2.01. The molecule has 3 aliphatic rings. The number of rotatable bonds is 8. The van der Waals surface area contributed by atoms with Gasteiger partial charge in [-0.2, -0.15) is 4.31 Å². The van der Waals surface area contributed by atoms with Crippen LogP contribution in [0, 0.1) is 0 Å². The highest BCUT2D eigenvalue weighted by atomic mass is 32.2. The zero-order chi connectivity index (χ0) is 33.3. The lowest BCUT2D eigenvalue weighted by molar-refractivity contribution is -0.132. The molecule has 12 nitrogen and oxygen atoms in total. The van der Waals surface area contributed by atoms with Gasteiger partial charge in [-0.3, -0.25) is 9.69 Å². The van der Waals surface area contributed by atoms with Gasteiger partial charge in [-0.15, -0.1) is 0 Å². The van der Waals surface area contributed by atoms with Crippen molar-refractivity contribution in [2.24, 2.45) is 0 Å². The number of hydrogen-bond acceptors (Lipinski definition) is 10. The SMILES string of the molecule is COc1ccc(OC)c(C2(OC(=O)N3CCN(C4CCN(C)CC4)CC3)C(=O)N(S(=O)(=O)c3ccccc3)c3ccc(OC)cc32)c1. The minimum atomic E-state index is -4.46. The van der Waals surface area contributed by atoms with Gasteiger partial charge in [0.25, 0.3) is 15.9 Å². The molecule has 2 saturated heterocycles. The number of piperazine rings is 1. The lowest BCUT2D eigenvalue weighted by Gasteiger charge is -2.42. The van der Waals surface area contributed by atoms with Gasteiger partial charge in [-0.05, 0) is 81.5 Å². The van der Waals surface area contributed by atoms with E-state index in [1.54, 1.807) is 41.3 Å². The second-order valence-corrected chi connectivity index (χ2v) is 13.7. The number of amides is 2. The molecule has 0 bridgehead atoms. The van der Waals surface area contributed by atoms with Gasteiger partial charge in [-0.25, -0.2) is 13.2 Å². The topological polar surface area (TPSA) is 118 Å². The van der Waals surface area contributed by atoms with E-state index in [1.165, 1.54) is 51.7 Å². The summed E-state index contributed by atoms with van der Waals surface area (Å²) in [5.41, 5.74) is -2.01. The summed E-state index contributed by atoms with van der Waals surface area (Å²) in [6, 6.07) is 17.4. The molecule has 0 N–H and O–H groups in total. The van der Waals surface area contributed by atoms with Crippen molar-refractivity contribution in [2.45, 2.75) is 29.4 Å². The van der Waals surface area contributed by atoms with Crippen molar-refractivity contribution in [2.75, 3.05) is 72.0 Å². The summed E-state index contributed by atoms with van der Waals surface area (Å²) < 4.78 is 52.2. The van der Waals surface area contributed by atoms with Gasteiger partial charge in [-0.1, -0.05) is 18.2 Å². The van der Waals surface area contributed by atoms with Crippen molar-refractivity contribution in [3.8, 4) is 17.2 Å². The van der Waals surface area contributed by atoms with E-state index in [0.29, 0.717) is 48.0 Å². The van der Waals surface area contributed by atoms with Crippen LogP contribution in [0.3, 0.4) is 0 Å². The zero-order valence-electron chi connectivity index (χ0n) is 27.0. The predicted molar refractivity (Wildman–Crippen MR) is 175 cm³/mol. The number of methoxy groups -OCH3 is 3. The lowest BCUT2D eigenvalue weighted by Crippen LogP contribution is -2.55. The van der Waals surface area contributed by atoms with Crippen LogP contribution >= 0.6 is 0 Å². The summed E-state index contributed by atoms with van der Waals surface area (Å²) in [5, 5.41) is 0. The van der Waals surface area contributed by atoms with E-state index in [2.05, 4.69) is 16.8 Å². The van der Waals surface area contributed by atoms with Gasteiger partial charge in [0.15, 0.2) is 0 Å². The fourth-order valence-corrected chi connectivity index (χ4v) is 8.21. The Kier molecular flexibility index (Phi) is 9.05. The van der Waals surface area contributed by atoms with Crippen LogP contribution in [0.1, 0.15) is 24.0 Å². The van der Waals surface area contributed by atoms with Gasteiger partial charge in [0, 0.05) is 37.8 Å². The minimum absolute atomic E-state index is 0.0319. The Morgan fingerprint density at radius 3 is 2.02 bits per heavy atom. The van der Waals surface area contributed by atoms with Crippen LogP contribution in [0.5, 0.6) is 17.2 Å². The molecule has 3 aromatic rings. The molecule has 2 amide bonds. The second-order valence-electron chi connectivity index (χ2n) is 11.9. The Balaban J connectivity index is 1.45. The molecule has 3 aromatic carbocycles. The van der Waals surface area contributed by atoms with Crippen molar-refractivity contribution >= 4 is 27.7 Å². The number of ether oxygens (including phenoxy) is 4. The maximum atomic E-state index is 15.0. The Labute approximate surface area is 275 Å². The molecule has 0 saturated carbocycles. The van der Waals surface area contributed by atoms with Crippen LogP contribution in [0.2, 0.25) is 0 Å². The average Bonchev–Trinajstić information content (AvgIpc) is 3.36. The molecule has 2 fully saturated rings. The van der Waals surface area contributed by atoms with Crippen molar-refractivity contribution in [1.82, 2.24) is 14.7 Å². The predicted octanol–water partition coefficient (Wildman–Crippen LogP) is 3.54. The molecule has 3 heterocycles. The van der Waals surface area contributed by atoms with Crippen LogP contribution in [0.25, 0.3) is 0 Å². The summed E-state index contributed by atoms with van der Waals surface area (Å²) in [6.07, 6.45) is 1.39. The molecule has 0 radical (unpaired) electrons. The van der Waals surface area contributed by atoms with Crippen LogP contribution in [0.15, 0.2) is 71.6 Å². The van der Waals surface area contributed by atoms with E-state index in [1.807, 2.05) is 0 Å². The molecule has 1 unspecified atom stereocenters. The number of carbonyl (C=O) groups excluding carboxylic acids is 2. The Morgan fingerprint density at radius 2 is 1.40 bits per heavy atom. The number of hydrogen-bond donors (Lipinski definition) is 0. The highest BCUT2D eigenvalue weighted by molar-refractivity contribution is 7.93. The van der Waals surface area contributed by atoms with E-state index in [4.69, 9.17) is 18.9 Å². The molecule has 3 aliphatic heterocycles. The van der Waals surface area contributed by atoms with Crippen LogP contribution in [-0.2, 0) is 25.2 Å². The van der Waals surface area contributed by atoms with Gasteiger partial charge in [0.05, 0.1) is 37.5 Å². The second kappa shape index (κ2) is 13.1. The largest absolute Gasteiger partial charge is 0.497 e. The van der Waals surface area contributed by atoms with Crippen LogP contribution < -0.4 is 18.5 Å². The fraction of sp³-hybridized carbons (Fsp3) is 0.412. The van der Waals surface area contributed by atoms with Gasteiger partial charge >= 0.3 is 6.09 Å². The van der Waals surface area contributed by atoms with Crippen LogP contribution in [0.4, 0.5) is 10.5 Å². The summed E-state index contributed by atoms with van der Waals surface area (Å²) >= 11 is 0. The number of piperidine rings is 1. The molecular weight excluding hydrogens is 624 g/mol. The molecule has 0 aliphatic carbocycles. The van der Waals surface area contributed by atoms with Crippen molar-refractivity contribution < 1.29 is 37.0 Å². The van der Waals surface area contributed by atoms with E-state index in [9.17, 15) is 18.0 Å². The smallest absolute Gasteiger partial charge is 0.411 e. The normalized spacial score (nSPS) is 21.0. The molecule has 47 heavy (non-hydrogen) atoms. The third kappa shape index (κ3) is 5.76. The number of sulfonamides is 1. The number of nitrogens with zero attached hydrogens (tertiary/aromatic N) is 4. The lowest BCUT2D eigenvalue weighted by atomic mass is 9.86. The van der Waals surface area contributed by atoms with Crippen LogP contribution in [-0.4, -0.2) is 109 Å². The maximum Gasteiger partial charge on any atom is 0.411 e. The van der Waals surface area contributed by atoms with Gasteiger partial charge in [0.1, 0.15) is 17.2 Å². The monoisotopic (exact) mass is 664 g/mol. The average molecular weight is 665 g/mol. The number of benzene rings is 3. The quantitative estimate of drug-likeness (QED) is 0.354. The summed E-state index contributed by atoms with van der Waals surface area (Å²) in [4.78, 5) is 35.4. The first kappa shape index (κ1) is 32.6. The summed E-state index contributed by atoms with van der Waals surface area (Å²) in [6.45, 7) is 4.16. The molecule has 0 spiro atoms. The van der Waals surface area contributed by atoms with Crippen molar-refractivity contribution in [3.05, 3.63) is 77.9 Å². The minimum Gasteiger partial charge on any atom is -0.497 e. The maximum absolute atomic E-state index is 15.0. The first-order valence-corrected chi connectivity index (χ1v) is 17.0. The highest BCUT2D eigenvalue weighted by Gasteiger charge is 2.61. The van der Waals surface area contributed by atoms with Crippen molar-refractivity contribution in [1.29, 1.82) is 0 Å². The van der Waals surface area contributed by atoms with E-state index in [0.717, 1.165) is 25.9 Å². The highest BCUT2D eigenvalue weighted by Crippen LogP contribution is 2.53. The Bertz CT molecular complexity index is 1740. The number of likely N-dealkylation sites (tertiary alicyclic amines) is 1. The fourth-order valence-electron chi connectivity index (χ4n) is 6.73. The van der Waals surface area contributed by atoms with Crippen molar-refractivity contribution in [3.63, 3.8) is 0 Å². The molecule has 6 rings (SSSR count). The first-order chi connectivity index (χ1) is 22.6. The number of fused-ring (bicyclic) bond motifs is 1. The summed E-state index contributed by atoms with van der Waals surface area (Å²) in [5.74, 6) is -0.102.